The first-order valence-corrected chi connectivity index (χ1v) is 9.71. The number of carbonyl (C=O) groups is 1. The smallest absolute Gasteiger partial charge is 0.255 e. The van der Waals surface area contributed by atoms with E-state index >= 15 is 0 Å². The van der Waals surface area contributed by atoms with Crippen LogP contribution in [0.4, 0.5) is 0 Å². The van der Waals surface area contributed by atoms with E-state index in [9.17, 15) is 4.79 Å². The van der Waals surface area contributed by atoms with Crippen LogP contribution in [-0.4, -0.2) is 28.7 Å². The van der Waals surface area contributed by atoms with Crippen LogP contribution in [0.2, 0.25) is 0 Å². The van der Waals surface area contributed by atoms with Gasteiger partial charge in [-0.15, -0.1) is 0 Å². The van der Waals surface area contributed by atoms with E-state index in [0.29, 0.717) is 17.1 Å². The van der Waals surface area contributed by atoms with Gasteiger partial charge in [-0.25, -0.2) is 4.98 Å². The summed E-state index contributed by atoms with van der Waals surface area (Å²) in [6.45, 7) is 4.14. The zero-order chi connectivity index (χ0) is 20.5. The van der Waals surface area contributed by atoms with Crippen molar-refractivity contribution in [2.45, 2.75) is 31.9 Å². The minimum absolute atomic E-state index is 0.0403. The predicted octanol–water partition coefficient (Wildman–Crippen LogP) is 3.83. The number of aryl methyl sites for hydroxylation is 1. The van der Waals surface area contributed by atoms with Gasteiger partial charge >= 0.3 is 0 Å². The van der Waals surface area contributed by atoms with Crippen LogP contribution in [0.1, 0.15) is 53.1 Å². The van der Waals surface area contributed by atoms with Gasteiger partial charge in [0.25, 0.3) is 5.91 Å². The SMILES string of the molecule is COc1ccccc1C(NC(=O)c1cccc2c1OC(C)C2C)c1nccn1C. The summed E-state index contributed by atoms with van der Waals surface area (Å²) in [6, 6.07) is 12.9. The average Bonchev–Trinajstić information content (AvgIpc) is 3.28. The topological polar surface area (TPSA) is 65.4 Å². The minimum atomic E-state index is -0.467. The molecule has 1 aliphatic heterocycles. The van der Waals surface area contributed by atoms with Crippen LogP contribution in [0.25, 0.3) is 0 Å². The highest BCUT2D eigenvalue weighted by Gasteiger charge is 2.32. The summed E-state index contributed by atoms with van der Waals surface area (Å²) in [5.41, 5.74) is 2.44. The summed E-state index contributed by atoms with van der Waals surface area (Å²) in [5, 5.41) is 3.14. The maximum atomic E-state index is 13.3. The molecule has 6 nitrogen and oxygen atoms in total. The van der Waals surface area contributed by atoms with Gasteiger partial charge in [0.1, 0.15) is 29.5 Å². The van der Waals surface area contributed by atoms with Crippen LogP contribution in [0.15, 0.2) is 54.9 Å². The van der Waals surface area contributed by atoms with Crippen molar-refractivity contribution in [2.24, 2.45) is 7.05 Å². The van der Waals surface area contributed by atoms with Crippen molar-refractivity contribution in [2.75, 3.05) is 7.11 Å². The largest absolute Gasteiger partial charge is 0.496 e. The fourth-order valence-corrected chi connectivity index (χ4v) is 3.82. The zero-order valence-corrected chi connectivity index (χ0v) is 17.0. The van der Waals surface area contributed by atoms with Crippen molar-refractivity contribution >= 4 is 5.91 Å². The van der Waals surface area contributed by atoms with Crippen LogP contribution < -0.4 is 14.8 Å². The second kappa shape index (κ2) is 7.62. The van der Waals surface area contributed by atoms with Gasteiger partial charge in [-0.1, -0.05) is 37.3 Å². The number of nitrogens with zero attached hydrogens (tertiary/aromatic N) is 2. The number of hydrogen-bond donors (Lipinski definition) is 1. The van der Waals surface area contributed by atoms with Gasteiger partial charge < -0.3 is 19.4 Å². The van der Waals surface area contributed by atoms with Gasteiger partial charge in [0.05, 0.1) is 12.7 Å². The number of carbonyl (C=O) groups excluding carboxylic acids is 1. The Kier molecular flexibility index (Phi) is 5.01. The third-order valence-electron chi connectivity index (χ3n) is 5.63. The van der Waals surface area contributed by atoms with Crippen molar-refractivity contribution in [1.82, 2.24) is 14.9 Å². The first-order chi connectivity index (χ1) is 14.0. The first-order valence-electron chi connectivity index (χ1n) is 9.71. The number of amides is 1. The Morgan fingerprint density at radius 3 is 2.72 bits per heavy atom. The number of ether oxygens (including phenoxy) is 2. The number of para-hydroxylation sites is 2. The van der Waals surface area contributed by atoms with Crippen LogP contribution in [0.3, 0.4) is 0 Å². The molecule has 2 heterocycles. The number of nitrogens with one attached hydrogen (secondary N) is 1. The standard InChI is InChI=1S/C23H25N3O3/c1-14-15(2)29-21-16(14)9-7-10-18(21)23(27)25-20(22-24-12-13-26(22)3)17-8-5-6-11-19(17)28-4/h5-15,20H,1-4H3,(H,25,27). The molecule has 29 heavy (non-hydrogen) atoms. The lowest BCUT2D eigenvalue weighted by Crippen LogP contribution is -2.31. The highest BCUT2D eigenvalue weighted by atomic mass is 16.5. The van der Waals surface area contributed by atoms with Crippen molar-refractivity contribution < 1.29 is 14.3 Å². The maximum Gasteiger partial charge on any atom is 0.255 e. The van der Waals surface area contributed by atoms with E-state index in [2.05, 4.69) is 17.2 Å². The molecule has 6 heteroatoms. The van der Waals surface area contributed by atoms with Crippen LogP contribution in [0.5, 0.6) is 11.5 Å². The lowest BCUT2D eigenvalue weighted by Gasteiger charge is -2.21. The first kappa shape index (κ1) is 19.1. The number of fused-ring (bicyclic) bond motifs is 1. The van der Waals surface area contributed by atoms with E-state index in [4.69, 9.17) is 9.47 Å². The normalized spacial score (nSPS) is 18.6. The van der Waals surface area contributed by atoms with Gasteiger partial charge in [-0.05, 0) is 19.1 Å². The van der Waals surface area contributed by atoms with Gasteiger partial charge in [-0.2, -0.15) is 0 Å². The fraction of sp³-hybridized carbons (Fsp3) is 0.304. The summed E-state index contributed by atoms with van der Waals surface area (Å²) in [6.07, 6.45) is 3.62. The molecule has 1 N–H and O–H groups in total. The Bertz CT molecular complexity index is 1040. The Hall–Kier alpha value is -3.28. The molecule has 1 amide bonds. The van der Waals surface area contributed by atoms with Gasteiger partial charge in [0.15, 0.2) is 0 Å². The van der Waals surface area contributed by atoms with Gasteiger partial charge in [-0.3, -0.25) is 4.79 Å². The van der Waals surface area contributed by atoms with E-state index in [-0.39, 0.29) is 17.9 Å². The Morgan fingerprint density at radius 1 is 1.21 bits per heavy atom. The highest BCUT2D eigenvalue weighted by Crippen LogP contribution is 2.40. The molecule has 1 aliphatic rings. The second-order valence-corrected chi connectivity index (χ2v) is 7.38. The van der Waals surface area contributed by atoms with Gasteiger partial charge in [0.2, 0.25) is 0 Å². The molecule has 0 saturated carbocycles. The number of methoxy groups -OCH3 is 1. The minimum Gasteiger partial charge on any atom is -0.496 e. The van der Waals surface area contributed by atoms with Crippen LogP contribution >= 0.6 is 0 Å². The number of rotatable bonds is 5. The number of benzene rings is 2. The molecular weight excluding hydrogens is 366 g/mol. The second-order valence-electron chi connectivity index (χ2n) is 7.38. The van der Waals surface area contributed by atoms with E-state index in [1.807, 2.05) is 61.1 Å². The molecule has 0 spiro atoms. The van der Waals surface area contributed by atoms with E-state index in [1.165, 1.54) is 0 Å². The fourth-order valence-electron chi connectivity index (χ4n) is 3.82. The molecule has 2 aromatic carbocycles. The molecule has 3 atom stereocenters. The quantitative estimate of drug-likeness (QED) is 0.718. The number of hydrogen-bond acceptors (Lipinski definition) is 4. The third-order valence-corrected chi connectivity index (χ3v) is 5.63. The van der Waals surface area contributed by atoms with E-state index < -0.39 is 6.04 Å². The molecule has 0 radical (unpaired) electrons. The molecular formula is C23H25N3O3. The Labute approximate surface area is 170 Å². The molecule has 4 rings (SSSR count). The molecule has 3 aromatic rings. The maximum absolute atomic E-state index is 13.3. The number of imidazole rings is 1. The van der Waals surface area contributed by atoms with Crippen molar-refractivity contribution in [3.8, 4) is 11.5 Å². The predicted molar refractivity (Wildman–Crippen MR) is 110 cm³/mol. The van der Waals surface area contributed by atoms with Crippen molar-refractivity contribution in [1.29, 1.82) is 0 Å². The monoisotopic (exact) mass is 391 g/mol. The van der Waals surface area contributed by atoms with Gasteiger partial charge in [0, 0.05) is 36.5 Å². The van der Waals surface area contributed by atoms with Crippen LogP contribution in [-0.2, 0) is 7.05 Å². The molecule has 0 saturated heterocycles. The van der Waals surface area contributed by atoms with Crippen molar-refractivity contribution in [3.05, 3.63) is 77.4 Å². The average molecular weight is 391 g/mol. The molecule has 3 unspecified atom stereocenters. The Balaban J connectivity index is 1.73. The summed E-state index contributed by atoms with van der Waals surface area (Å²) in [7, 11) is 3.53. The number of aromatic nitrogens is 2. The van der Waals surface area contributed by atoms with Crippen LogP contribution in [0, 0.1) is 0 Å². The third kappa shape index (κ3) is 3.35. The van der Waals surface area contributed by atoms with E-state index in [1.54, 1.807) is 19.4 Å². The van der Waals surface area contributed by atoms with Crippen molar-refractivity contribution in [3.63, 3.8) is 0 Å². The summed E-state index contributed by atoms with van der Waals surface area (Å²) in [4.78, 5) is 17.8. The van der Waals surface area contributed by atoms with E-state index in [0.717, 1.165) is 17.0 Å². The molecule has 0 fully saturated rings. The molecule has 1 aromatic heterocycles. The molecule has 150 valence electrons. The zero-order valence-electron chi connectivity index (χ0n) is 17.0. The summed E-state index contributed by atoms with van der Waals surface area (Å²) in [5.74, 6) is 2.12. The molecule has 0 bridgehead atoms. The highest BCUT2D eigenvalue weighted by molar-refractivity contribution is 5.98. The molecule has 0 aliphatic carbocycles. The lowest BCUT2D eigenvalue weighted by molar-refractivity contribution is 0.0935. The lowest BCUT2D eigenvalue weighted by atomic mass is 9.96. The summed E-state index contributed by atoms with van der Waals surface area (Å²) < 4.78 is 13.4. The summed E-state index contributed by atoms with van der Waals surface area (Å²) >= 11 is 0. The Morgan fingerprint density at radius 2 is 2.00 bits per heavy atom.